The zero-order valence-electron chi connectivity index (χ0n) is 6.07. The van der Waals surface area contributed by atoms with E-state index in [-0.39, 0.29) is 12.6 Å². The predicted octanol–water partition coefficient (Wildman–Crippen LogP) is 0.967. The Morgan fingerprint density at radius 2 is 1.91 bits per heavy atom. The fourth-order valence-electron chi connectivity index (χ4n) is 0.827. The third kappa shape index (κ3) is 2.22. The molecule has 0 bridgehead atoms. The molecule has 2 nitrogen and oxygen atoms in total. The fraction of sp³-hybridized carbons (Fsp3) is 0.250. The van der Waals surface area contributed by atoms with Gasteiger partial charge in [0.2, 0.25) is 0 Å². The van der Waals surface area contributed by atoms with Crippen molar-refractivity contribution in [3.05, 3.63) is 29.8 Å². The Morgan fingerprint density at radius 1 is 1.36 bits per heavy atom. The smallest absolute Gasteiger partial charge is 0.0624 e. The van der Waals surface area contributed by atoms with Gasteiger partial charge in [0.15, 0.2) is 0 Å². The predicted molar refractivity (Wildman–Crippen MR) is 47.7 cm³/mol. The first kappa shape index (κ1) is 8.59. The van der Waals surface area contributed by atoms with E-state index in [2.05, 4.69) is 12.6 Å². The van der Waals surface area contributed by atoms with Crippen molar-refractivity contribution in [1.82, 2.24) is 0 Å². The van der Waals surface area contributed by atoms with Gasteiger partial charge in [0.25, 0.3) is 0 Å². The molecule has 1 atom stereocenters. The summed E-state index contributed by atoms with van der Waals surface area (Å²) in [7, 11) is 0. The molecule has 0 amide bonds. The third-order valence-corrected chi connectivity index (χ3v) is 1.82. The topological polar surface area (TPSA) is 46.2 Å². The standard InChI is InChI=1S/C8H11NOS/c9-8(5-10)6-1-3-7(11)4-2-6/h1-4,8,10-11H,5,9H2/t8-/m0/s1. The van der Waals surface area contributed by atoms with Gasteiger partial charge < -0.3 is 10.8 Å². The van der Waals surface area contributed by atoms with Crippen molar-refractivity contribution in [2.45, 2.75) is 10.9 Å². The van der Waals surface area contributed by atoms with Crippen LogP contribution in [0.2, 0.25) is 0 Å². The molecule has 0 spiro atoms. The largest absolute Gasteiger partial charge is 0.394 e. The summed E-state index contributed by atoms with van der Waals surface area (Å²) in [6.45, 7) is -0.0219. The van der Waals surface area contributed by atoms with Crippen molar-refractivity contribution >= 4 is 12.6 Å². The lowest BCUT2D eigenvalue weighted by atomic mass is 10.1. The van der Waals surface area contributed by atoms with Crippen molar-refractivity contribution in [1.29, 1.82) is 0 Å². The normalized spacial score (nSPS) is 13.0. The monoisotopic (exact) mass is 169 g/mol. The van der Waals surface area contributed by atoms with Crippen LogP contribution in [-0.2, 0) is 0 Å². The molecule has 0 saturated heterocycles. The highest BCUT2D eigenvalue weighted by Crippen LogP contribution is 2.12. The highest BCUT2D eigenvalue weighted by Gasteiger charge is 2.01. The van der Waals surface area contributed by atoms with Gasteiger partial charge in [-0.1, -0.05) is 12.1 Å². The maximum atomic E-state index is 8.71. The lowest BCUT2D eigenvalue weighted by Gasteiger charge is -2.07. The minimum Gasteiger partial charge on any atom is -0.394 e. The molecule has 1 aromatic carbocycles. The van der Waals surface area contributed by atoms with E-state index < -0.39 is 0 Å². The summed E-state index contributed by atoms with van der Waals surface area (Å²) in [6, 6.07) is 7.16. The van der Waals surface area contributed by atoms with Crippen molar-refractivity contribution in [2.75, 3.05) is 6.61 Å². The van der Waals surface area contributed by atoms with Crippen molar-refractivity contribution in [3.8, 4) is 0 Å². The molecule has 0 unspecified atom stereocenters. The fourth-order valence-corrected chi connectivity index (χ4v) is 0.976. The number of nitrogens with two attached hydrogens (primary N) is 1. The average Bonchev–Trinajstić information content (AvgIpc) is 2.05. The Labute approximate surface area is 71.5 Å². The minimum atomic E-state index is -0.274. The van der Waals surface area contributed by atoms with Gasteiger partial charge in [0.05, 0.1) is 12.6 Å². The lowest BCUT2D eigenvalue weighted by Crippen LogP contribution is -2.13. The highest BCUT2D eigenvalue weighted by atomic mass is 32.1. The van der Waals surface area contributed by atoms with E-state index in [1.807, 2.05) is 24.3 Å². The molecule has 3 N–H and O–H groups in total. The molecule has 0 radical (unpaired) electrons. The Morgan fingerprint density at radius 3 is 2.36 bits per heavy atom. The van der Waals surface area contributed by atoms with Crippen molar-refractivity contribution in [2.24, 2.45) is 5.73 Å². The van der Waals surface area contributed by atoms with E-state index in [1.165, 1.54) is 0 Å². The lowest BCUT2D eigenvalue weighted by molar-refractivity contribution is 0.268. The zero-order chi connectivity index (χ0) is 8.27. The molecule has 0 aliphatic carbocycles. The van der Waals surface area contributed by atoms with Crippen molar-refractivity contribution in [3.63, 3.8) is 0 Å². The van der Waals surface area contributed by atoms with E-state index >= 15 is 0 Å². The van der Waals surface area contributed by atoms with Crippen LogP contribution in [0.4, 0.5) is 0 Å². The van der Waals surface area contributed by atoms with Crippen LogP contribution in [0, 0.1) is 0 Å². The molecule has 3 heteroatoms. The number of thiol groups is 1. The SMILES string of the molecule is N[C@@H](CO)c1ccc(S)cc1. The molecule has 0 fully saturated rings. The first-order chi connectivity index (χ1) is 5.24. The molecule has 0 heterocycles. The minimum absolute atomic E-state index is 0.0219. The molecule has 1 aromatic rings. The Bertz CT molecular complexity index is 222. The number of aliphatic hydroxyl groups excluding tert-OH is 1. The quantitative estimate of drug-likeness (QED) is 0.578. The van der Waals surface area contributed by atoms with Crippen LogP contribution in [-0.4, -0.2) is 11.7 Å². The molecule has 60 valence electrons. The Kier molecular flexibility index (Phi) is 2.93. The molecule has 0 aliphatic heterocycles. The van der Waals surface area contributed by atoms with Gasteiger partial charge in [-0.15, -0.1) is 12.6 Å². The summed E-state index contributed by atoms with van der Waals surface area (Å²) in [5.74, 6) is 0. The van der Waals surface area contributed by atoms with Gasteiger partial charge in [-0.05, 0) is 17.7 Å². The molecular formula is C8H11NOS. The van der Waals surface area contributed by atoms with Crippen LogP contribution in [0.5, 0.6) is 0 Å². The van der Waals surface area contributed by atoms with E-state index in [9.17, 15) is 0 Å². The second kappa shape index (κ2) is 3.76. The van der Waals surface area contributed by atoms with Gasteiger partial charge >= 0.3 is 0 Å². The van der Waals surface area contributed by atoms with Gasteiger partial charge in [-0.3, -0.25) is 0 Å². The summed E-state index contributed by atoms with van der Waals surface area (Å²) in [4.78, 5) is 0.902. The van der Waals surface area contributed by atoms with Gasteiger partial charge in [0.1, 0.15) is 0 Å². The van der Waals surface area contributed by atoms with Crippen LogP contribution in [0.25, 0.3) is 0 Å². The van der Waals surface area contributed by atoms with Crippen LogP contribution in [0.1, 0.15) is 11.6 Å². The van der Waals surface area contributed by atoms with Crippen LogP contribution in [0.15, 0.2) is 29.2 Å². The average molecular weight is 169 g/mol. The van der Waals surface area contributed by atoms with E-state index in [0.29, 0.717) is 0 Å². The number of rotatable bonds is 2. The molecule has 0 saturated carbocycles. The van der Waals surface area contributed by atoms with E-state index in [1.54, 1.807) is 0 Å². The van der Waals surface area contributed by atoms with Gasteiger partial charge in [-0.25, -0.2) is 0 Å². The number of aliphatic hydroxyl groups is 1. The molecule has 0 aliphatic rings. The highest BCUT2D eigenvalue weighted by molar-refractivity contribution is 7.80. The summed E-state index contributed by atoms with van der Waals surface area (Å²) >= 11 is 4.13. The van der Waals surface area contributed by atoms with Gasteiger partial charge in [-0.2, -0.15) is 0 Å². The molecule has 1 rings (SSSR count). The van der Waals surface area contributed by atoms with Gasteiger partial charge in [0, 0.05) is 4.90 Å². The Hall–Kier alpha value is -0.510. The number of hydrogen-bond acceptors (Lipinski definition) is 3. The van der Waals surface area contributed by atoms with Crippen molar-refractivity contribution < 1.29 is 5.11 Å². The number of benzene rings is 1. The zero-order valence-corrected chi connectivity index (χ0v) is 6.96. The maximum absolute atomic E-state index is 8.71. The second-order valence-corrected chi connectivity index (χ2v) is 2.90. The van der Waals surface area contributed by atoms with E-state index in [0.717, 1.165) is 10.5 Å². The summed E-state index contributed by atoms with van der Waals surface area (Å²) in [5.41, 5.74) is 6.50. The van der Waals surface area contributed by atoms with Crippen LogP contribution < -0.4 is 5.73 Å². The second-order valence-electron chi connectivity index (χ2n) is 2.38. The third-order valence-electron chi connectivity index (χ3n) is 1.52. The summed E-state index contributed by atoms with van der Waals surface area (Å²) in [5, 5.41) is 8.71. The summed E-state index contributed by atoms with van der Waals surface area (Å²) < 4.78 is 0. The first-order valence-corrected chi connectivity index (χ1v) is 3.84. The van der Waals surface area contributed by atoms with E-state index in [4.69, 9.17) is 10.8 Å². The molecular weight excluding hydrogens is 158 g/mol. The first-order valence-electron chi connectivity index (χ1n) is 3.39. The van der Waals surface area contributed by atoms with Crippen LogP contribution >= 0.6 is 12.6 Å². The van der Waals surface area contributed by atoms with Crippen LogP contribution in [0.3, 0.4) is 0 Å². The number of hydrogen-bond donors (Lipinski definition) is 3. The maximum Gasteiger partial charge on any atom is 0.0624 e. The Balaban J connectivity index is 2.81. The molecule has 0 aromatic heterocycles. The summed E-state index contributed by atoms with van der Waals surface area (Å²) in [6.07, 6.45) is 0. The molecule has 11 heavy (non-hydrogen) atoms.